The van der Waals surface area contributed by atoms with Crippen molar-refractivity contribution in [3.8, 4) is 0 Å². The summed E-state index contributed by atoms with van der Waals surface area (Å²) in [6.45, 7) is 4.55. The number of rotatable bonds is 4. The van der Waals surface area contributed by atoms with E-state index in [0.717, 1.165) is 12.1 Å². The largest absolute Gasteiger partial charge is 0.444 e. The molecule has 0 saturated heterocycles. The van der Waals surface area contributed by atoms with Crippen LogP contribution in [-0.4, -0.2) is 34.5 Å². The Morgan fingerprint density at radius 2 is 1.42 bits per heavy atom. The maximum Gasteiger partial charge on any atom is 0.416 e. The summed E-state index contributed by atoms with van der Waals surface area (Å²) in [5, 5.41) is 2.19. The van der Waals surface area contributed by atoms with Gasteiger partial charge in [-0.25, -0.2) is 9.59 Å². The molecule has 1 aliphatic heterocycles. The van der Waals surface area contributed by atoms with Gasteiger partial charge in [-0.1, -0.05) is 35.4 Å². The molecule has 1 unspecified atom stereocenters. The lowest BCUT2D eigenvalue weighted by molar-refractivity contribution is -0.171. The van der Waals surface area contributed by atoms with Crippen molar-refractivity contribution in [2.24, 2.45) is 0 Å². The van der Waals surface area contributed by atoms with E-state index < -0.39 is 52.8 Å². The molecule has 3 rings (SSSR count). The van der Waals surface area contributed by atoms with Crippen LogP contribution in [-0.2, 0) is 20.5 Å². The summed E-state index contributed by atoms with van der Waals surface area (Å²) in [7, 11) is 0. The van der Waals surface area contributed by atoms with Crippen molar-refractivity contribution >= 4 is 23.9 Å². The molecule has 33 heavy (non-hydrogen) atoms. The van der Waals surface area contributed by atoms with Crippen molar-refractivity contribution < 1.29 is 41.9 Å². The van der Waals surface area contributed by atoms with Gasteiger partial charge in [0.1, 0.15) is 5.60 Å². The molecule has 2 aromatic rings. The predicted molar refractivity (Wildman–Crippen MR) is 107 cm³/mol. The van der Waals surface area contributed by atoms with Crippen molar-refractivity contribution in [2.45, 2.75) is 38.6 Å². The van der Waals surface area contributed by atoms with Crippen LogP contribution in [0.25, 0.3) is 0 Å². The number of ether oxygens (including phenoxy) is 1. The highest BCUT2D eigenvalue weighted by molar-refractivity contribution is 6.21. The second-order valence-electron chi connectivity index (χ2n) is 8.02. The molecule has 0 aromatic heterocycles. The SMILES string of the molecule is CC(C)(C)OC(=O)NC(C(=O)ON1C(=O)c2ccccc2C1=O)c1ccccc1C(F)(F)F. The lowest BCUT2D eigenvalue weighted by atomic mass is 10.00. The maximum atomic E-state index is 13.6. The minimum atomic E-state index is -4.87. The third-order valence-electron chi connectivity index (χ3n) is 4.41. The van der Waals surface area contributed by atoms with Gasteiger partial charge in [-0.15, -0.1) is 0 Å². The van der Waals surface area contributed by atoms with Crippen LogP contribution in [0.1, 0.15) is 58.7 Å². The monoisotopic (exact) mass is 464 g/mol. The van der Waals surface area contributed by atoms with E-state index in [2.05, 4.69) is 0 Å². The Morgan fingerprint density at radius 3 is 1.94 bits per heavy atom. The number of fused-ring (bicyclic) bond motifs is 1. The van der Waals surface area contributed by atoms with E-state index in [1.54, 1.807) is 0 Å². The lowest BCUT2D eigenvalue weighted by Crippen LogP contribution is -2.42. The Morgan fingerprint density at radius 1 is 0.909 bits per heavy atom. The van der Waals surface area contributed by atoms with E-state index in [-0.39, 0.29) is 16.2 Å². The zero-order chi connectivity index (χ0) is 24.6. The van der Waals surface area contributed by atoms with Crippen molar-refractivity contribution in [3.63, 3.8) is 0 Å². The molecule has 0 radical (unpaired) electrons. The van der Waals surface area contributed by atoms with Gasteiger partial charge in [0.2, 0.25) is 0 Å². The second-order valence-corrected chi connectivity index (χ2v) is 8.02. The van der Waals surface area contributed by atoms with E-state index in [9.17, 15) is 32.3 Å². The van der Waals surface area contributed by atoms with E-state index >= 15 is 0 Å². The van der Waals surface area contributed by atoms with Crippen LogP contribution in [0.4, 0.5) is 18.0 Å². The number of hydrogen-bond acceptors (Lipinski definition) is 6. The fraction of sp³-hybridized carbons (Fsp3) is 0.273. The third-order valence-corrected chi connectivity index (χ3v) is 4.41. The van der Waals surface area contributed by atoms with Gasteiger partial charge in [0, 0.05) is 0 Å². The van der Waals surface area contributed by atoms with E-state index in [0.29, 0.717) is 6.07 Å². The Balaban J connectivity index is 1.95. The molecule has 0 saturated carbocycles. The molecular weight excluding hydrogens is 445 g/mol. The fourth-order valence-corrected chi connectivity index (χ4v) is 3.09. The van der Waals surface area contributed by atoms with Crippen molar-refractivity contribution in [3.05, 3.63) is 70.8 Å². The first-order valence-corrected chi connectivity index (χ1v) is 9.65. The van der Waals surface area contributed by atoms with Crippen LogP contribution < -0.4 is 5.32 Å². The number of alkyl halides is 3. The standard InChI is InChI=1S/C22H19F3N2O6/c1-21(2,3)32-20(31)26-16(14-10-6-7-11-15(14)22(23,24)25)19(30)33-27-17(28)12-8-4-5-9-13(12)18(27)29/h4-11,16H,1-3H3,(H,26,31). The minimum Gasteiger partial charge on any atom is -0.444 e. The number of carbonyl (C=O) groups is 4. The van der Waals surface area contributed by atoms with Crippen LogP contribution in [0.5, 0.6) is 0 Å². The summed E-state index contributed by atoms with van der Waals surface area (Å²) in [6.07, 6.45) is -6.08. The van der Waals surface area contributed by atoms with Crippen LogP contribution in [0.3, 0.4) is 0 Å². The summed E-state index contributed by atoms with van der Waals surface area (Å²) in [6, 6.07) is 7.61. The van der Waals surface area contributed by atoms with Gasteiger partial charge in [0.25, 0.3) is 11.8 Å². The summed E-state index contributed by atoms with van der Waals surface area (Å²) in [4.78, 5) is 55.0. The molecule has 1 aliphatic rings. The van der Waals surface area contributed by atoms with Gasteiger partial charge in [0.15, 0.2) is 6.04 Å². The quantitative estimate of drug-likeness (QED) is 0.686. The summed E-state index contributed by atoms with van der Waals surface area (Å²) >= 11 is 0. The molecule has 1 N–H and O–H groups in total. The van der Waals surface area contributed by atoms with Crippen molar-refractivity contribution in [1.82, 2.24) is 10.4 Å². The zero-order valence-electron chi connectivity index (χ0n) is 17.7. The first-order chi connectivity index (χ1) is 15.3. The Bertz CT molecular complexity index is 1090. The van der Waals surface area contributed by atoms with Crippen LogP contribution >= 0.6 is 0 Å². The van der Waals surface area contributed by atoms with Gasteiger partial charge in [-0.2, -0.15) is 13.2 Å². The molecule has 0 spiro atoms. The molecule has 3 amide bonds. The smallest absolute Gasteiger partial charge is 0.416 e. The molecule has 0 fully saturated rings. The molecule has 174 valence electrons. The number of nitrogens with zero attached hydrogens (tertiary/aromatic N) is 1. The highest BCUT2D eigenvalue weighted by atomic mass is 19.4. The lowest BCUT2D eigenvalue weighted by Gasteiger charge is -2.25. The molecular formula is C22H19F3N2O6. The number of nitrogens with one attached hydrogen (secondary N) is 1. The molecule has 2 aromatic carbocycles. The number of carbonyl (C=O) groups excluding carboxylic acids is 4. The highest BCUT2D eigenvalue weighted by Gasteiger charge is 2.43. The Kier molecular flexibility index (Phi) is 6.17. The van der Waals surface area contributed by atoms with Crippen molar-refractivity contribution in [1.29, 1.82) is 0 Å². The van der Waals surface area contributed by atoms with Gasteiger partial charge in [-0.3, -0.25) is 9.59 Å². The van der Waals surface area contributed by atoms with E-state index in [1.165, 1.54) is 51.1 Å². The van der Waals surface area contributed by atoms with Gasteiger partial charge in [-0.05, 0) is 44.5 Å². The second kappa shape index (κ2) is 8.57. The van der Waals surface area contributed by atoms with Gasteiger partial charge in [0.05, 0.1) is 16.7 Å². The Hall–Kier alpha value is -3.89. The number of alkyl carbamates (subject to hydrolysis) is 1. The van der Waals surface area contributed by atoms with Crippen LogP contribution in [0.15, 0.2) is 48.5 Å². The fourth-order valence-electron chi connectivity index (χ4n) is 3.09. The molecule has 1 atom stereocenters. The Labute approximate surface area is 186 Å². The van der Waals surface area contributed by atoms with Crippen molar-refractivity contribution in [2.75, 3.05) is 0 Å². The van der Waals surface area contributed by atoms with Crippen LogP contribution in [0.2, 0.25) is 0 Å². The third kappa shape index (κ3) is 5.13. The highest BCUT2D eigenvalue weighted by Crippen LogP contribution is 2.35. The molecule has 11 heteroatoms. The molecule has 0 aliphatic carbocycles. The van der Waals surface area contributed by atoms with Crippen LogP contribution in [0, 0.1) is 0 Å². The summed E-state index contributed by atoms with van der Waals surface area (Å²) < 4.78 is 45.8. The number of amides is 3. The molecule has 8 nitrogen and oxygen atoms in total. The topological polar surface area (TPSA) is 102 Å². The number of benzene rings is 2. The number of halogens is 3. The predicted octanol–water partition coefficient (Wildman–Crippen LogP) is 4.03. The first-order valence-electron chi connectivity index (χ1n) is 9.65. The number of hydroxylamine groups is 2. The molecule has 0 bridgehead atoms. The van der Waals surface area contributed by atoms with E-state index in [1.807, 2.05) is 5.32 Å². The van der Waals surface area contributed by atoms with Gasteiger partial charge >= 0.3 is 18.2 Å². The minimum absolute atomic E-state index is 0.0392. The average molecular weight is 464 g/mol. The summed E-state index contributed by atoms with van der Waals surface area (Å²) in [5.74, 6) is -3.43. The maximum absolute atomic E-state index is 13.6. The number of hydrogen-bond donors (Lipinski definition) is 1. The average Bonchev–Trinajstić information content (AvgIpc) is 2.95. The number of imide groups is 1. The summed E-state index contributed by atoms with van der Waals surface area (Å²) in [5.41, 5.74) is -2.97. The first kappa shape index (κ1) is 23.8. The molecule has 1 heterocycles. The van der Waals surface area contributed by atoms with E-state index in [4.69, 9.17) is 9.57 Å². The zero-order valence-corrected chi connectivity index (χ0v) is 17.7. The van der Waals surface area contributed by atoms with Gasteiger partial charge < -0.3 is 14.9 Å². The normalized spacial score (nSPS) is 14.5.